The molecule has 0 unspecified atom stereocenters. The van der Waals surface area contributed by atoms with E-state index in [-0.39, 0.29) is 5.91 Å². The number of hydrogen-bond donors (Lipinski definition) is 0. The van der Waals surface area contributed by atoms with Crippen molar-refractivity contribution in [3.63, 3.8) is 0 Å². The van der Waals surface area contributed by atoms with Gasteiger partial charge in [0, 0.05) is 30.6 Å². The number of aryl methyl sites for hydroxylation is 2. The summed E-state index contributed by atoms with van der Waals surface area (Å²) in [6.07, 6.45) is 0.956. The van der Waals surface area contributed by atoms with Gasteiger partial charge in [0.05, 0.1) is 0 Å². The Hall–Kier alpha value is -2.60. The van der Waals surface area contributed by atoms with E-state index in [0.717, 1.165) is 46.5 Å². The van der Waals surface area contributed by atoms with Crippen molar-refractivity contribution in [2.45, 2.75) is 38.1 Å². The van der Waals surface area contributed by atoms with E-state index in [9.17, 15) is 4.79 Å². The molecule has 6 heteroatoms. The van der Waals surface area contributed by atoms with E-state index in [1.165, 1.54) is 5.56 Å². The second-order valence-corrected chi connectivity index (χ2v) is 7.86. The maximum Gasteiger partial charge on any atom is 0.253 e. The van der Waals surface area contributed by atoms with Gasteiger partial charge in [-0.3, -0.25) is 9.36 Å². The normalized spacial score (nSPS) is 10.9. The van der Waals surface area contributed by atoms with Crippen LogP contribution in [0.25, 0.3) is 5.69 Å². The minimum Gasteiger partial charge on any atom is -0.342 e. The lowest BCUT2D eigenvalue weighted by atomic mass is 10.1. The number of hydrogen-bond acceptors (Lipinski definition) is 4. The van der Waals surface area contributed by atoms with Crippen molar-refractivity contribution in [2.75, 3.05) is 13.6 Å². The van der Waals surface area contributed by atoms with Crippen LogP contribution >= 0.6 is 11.8 Å². The van der Waals surface area contributed by atoms with E-state index in [1.54, 1.807) is 16.7 Å². The van der Waals surface area contributed by atoms with Gasteiger partial charge in [-0.15, -0.1) is 10.2 Å². The summed E-state index contributed by atoms with van der Waals surface area (Å²) in [5, 5.41) is 9.44. The average Bonchev–Trinajstić information content (AvgIpc) is 3.07. The molecule has 5 nitrogen and oxygen atoms in total. The zero-order valence-electron chi connectivity index (χ0n) is 16.8. The number of amides is 1. The molecule has 0 aliphatic heterocycles. The number of thioether (sulfide) groups is 1. The number of nitrogens with zero attached hydrogens (tertiary/aromatic N) is 4. The molecule has 1 heterocycles. The molecule has 0 spiro atoms. The Bertz CT molecular complexity index is 932. The van der Waals surface area contributed by atoms with Gasteiger partial charge in [-0.25, -0.2) is 0 Å². The summed E-state index contributed by atoms with van der Waals surface area (Å²) in [4.78, 5) is 14.1. The van der Waals surface area contributed by atoms with E-state index in [4.69, 9.17) is 0 Å². The van der Waals surface area contributed by atoms with Gasteiger partial charge in [0.1, 0.15) is 5.82 Å². The van der Waals surface area contributed by atoms with Gasteiger partial charge >= 0.3 is 0 Å². The maximum atomic E-state index is 12.4. The SMILES string of the molecule is CCCN(C)C(=O)c1ccc(CSc2nnc(C)n2-c2ccc(C)cc2)cc1. The third kappa shape index (κ3) is 4.62. The second kappa shape index (κ2) is 9.06. The number of aromatic nitrogens is 3. The Labute approximate surface area is 170 Å². The summed E-state index contributed by atoms with van der Waals surface area (Å²) in [6, 6.07) is 16.2. The second-order valence-electron chi connectivity index (χ2n) is 6.91. The van der Waals surface area contributed by atoms with E-state index in [0.29, 0.717) is 0 Å². The largest absolute Gasteiger partial charge is 0.342 e. The molecule has 0 aliphatic carbocycles. The summed E-state index contributed by atoms with van der Waals surface area (Å²) < 4.78 is 2.07. The molecule has 0 saturated carbocycles. The van der Waals surface area contributed by atoms with Crippen LogP contribution in [0.2, 0.25) is 0 Å². The van der Waals surface area contributed by atoms with E-state index in [2.05, 4.69) is 52.9 Å². The highest BCUT2D eigenvalue weighted by atomic mass is 32.2. The fourth-order valence-electron chi connectivity index (χ4n) is 2.98. The first-order valence-corrected chi connectivity index (χ1v) is 10.4. The summed E-state index contributed by atoms with van der Waals surface area (Å²) >= 11 is 1.64. The zero-order chi connectivity index (χ0) is 20.1. The fraction of sp³-hybridized carbons (Fsp3) is 0.318. The predicted octanol–water partition coefficient (Wildman–Crippen LogP) is 4.66. The third-order valence-electron chi connectivity index (χ3n) is 4.56. The minimum absolute atomic E-state index is 0.0655. The number of carbonyl (C=O) groups excluding carboxylic acids is 1. The predicted molar refractivity (Wildman–Crippen MR) is 114 cm³/mol. The van der Waals surface area contributed by atoms with Crippen LogP contribution in [0.5, 0.6) is 0 Å². The molecule has 2 aromatic carbocycles. The van der Waals surface area contributed by atoms with E-state index >= 15 is 0 Å². The first kappa shape index (κ1) is 20.1. The lowest BCUT2D eigenvalue weighted by Gasteiger charge is -2.16. The Morgan fingerprint density at radius 1 is 1.04 bits per heavy atom. The molecule has 0 aliphatic rings. The summed E-state index contributed by atoms with van der Waals surface area (Å²) in [6.45, 7) is 6.88. The Kier molecular flexibility index (Phi) is 6.52. The molecule has 0 fully saturated rings. The molecular formula is C22H26N4OS. The lowest BCUT2D eigenvalue weighted by Crippen LogP contribution is -2.27. The highest BCUT2D eigenvalue weighted by Crippen LogP contribution is 2.25. The topological polar surface area (TPSA) is 51.0 Å². The monoisotopic (exact) mass is 394 g/mol. The molecule has 0 bridgehead atoms. The number of benzene rings is 2. The van der Waals surface area contributed by atoms with Crippen molar-refractivity contribution in [1.82, 2.24) is 19.7 Å². The highest BCUT2D eigenvalue weighted by molar-refractivity contribution is 7.98. The summed E-state index contributed by atoms with van der Waals surface area (Å²) in [7, 11) is 1.84. The molecule has 0 N–H and O–H groups in total. The third-order valence-corrected chi connectivity index (χ3v) is 5.56. The van der Waals surface area contributed by atoms with Gasteiger partial charge in [0.2, 0.25) is 0 Å². The van der Waals surface area contributed by atoms with Crippen LogP contribution in [0.3, 0.4) is 0 Å². The van der Waals surface area contributed by atoms with Crippen LogP contribution < -0.4 is 0 Å². The van der Waals surface area contributed by atoms with Gasteiger partial charge in [-0.1, -0.05) is 48.5 Å². The molecule has 3 rings (SSSR count). The molecular weight excluding hydrogens is 368 g/mol. The molecule has 0 saturated heterocycles. The van der Waals surface area contributed by atoms with Gasteiger partial charge in [0.15, 0.2) is 5.16 Å². The maximum absolute atomic E-state index is 12.4. The number of rotatable bonds is 7. The summed E-state index contributed by atoms with van der Waals surface area (Å²) in [5.41, 5.74) is 4.16. The van der Waals surface area contributed by atoms with Gasteiger partial charge < -0.3 is 4.90 Å². The first-order chi connectivity index (χ1) is 13.5. The number of carbonyl (C=O) groups is 1. The quantitative estimate of drug-likeness (QED) is 0.547. The Balaban J connectivity index is 1.70. The smallest absolute Gasteiger partial charge is 0.253 e. The van der Waals surface area contributed by atoms with Crippen LogP contribution in [0, 0.1) is 13.8 Å². The fourth-order valence-corrected chi connectivity index (χ4v) is 3.93. The van der Waals surface area contributed by atoms with Gasteiger partial charge in [-0.05, 0) is 50.1 Å². The van der Waals surface area contributed by atoms with Crippen molar-refractivity contribution in [2.24, 2.45) is 0 Å². The molecule has 0 atom stereocenters. The van der Waals surface area contributed by atoms with Crippen molar-refractivity contribution in [3.05, 3.63) is 71.0 Å². The highest BCUT2D eigenvalue weighted by Gasteiger charge is 2.13. The molecule has 28 heavy (non-hydrogen) atoms. The van der Waals surface area contributed by atoms with Crippen molar-refractivity contribution in [3.8, 4) is 5.69 Å². The van der Waals surface area contributed by atoms with Crippen LogP contribution in [0.4, 0.5) is 0 Å². The molecule has 1 amide bonds. The first-order valence-electron chi connectivity index (χ1n) is 9.46. The summed E-state index contributed by atoms with van der Waals surface area (Å²) in [5.74, 6) is 1.70. The van der Waals surface area contributed by atoms with E-state index < -0.39 is 0 Å². The van der Waals surface area contributed by atoms with Crippen LogP contribution in [-0.2, 0) is 5.75 Å². The standard InChI is InChI=1S/C22H26N4OS/c1-5-14-25(4)21(27)19-10-8-18(9-11-19)15-28-22-24-23-17(3)26(22)20-12-6-16(2)7-13-20/h6-13H,5,14-15H2,1-4H3. The van der Waals surface area contributed by atoms with Crippen molar-refractivity contribution in [1.29, 1.82) is 0 Å². The van der Waals surface area contributed by atoms with Gasteiger partial charge in [-0.2, -0.15) is 0 Å². The van der Waals surface area contributed by atoms with E-state index in [1.807, 2.05) is 38.2 Å². The molecule has 146 valence electrons. The van der Waals surface area contributed by atoms with Crippen LogP contribution in [-0.4, -0.2) is 39.2 Å². The van der Waals surface area contributed by atoms with Crippen molar-refractivity contribution >= 4 is 17.7 Å². The lowest BCUT2D eigenvalue weighted by molar-refractivity contribution is 0.0795. The molecule has 3 aromatic rings. The Morgan fingerprint density at radius 3 is 2.36 bits per heavy atom. The van der Waals surface area contributed by atoms with Crippen LogP contribution in [0.15, 0.2) is 53.7 Å². The molecule has 0 radical (unpaired) electrons. The minimum atomic E-state index is 0.0655. The molecule has 1 aromatic heterocycles. The zero-order valence-corrected chi connectivity index (χ0v) is 17.7. The average molecular weight is 395 g/mol. The van der Waals surface area contributed by atoms with Gasteiger partial charge in [0.25, 0.3) is 5.91 Å². The van der Waals surface area contributed by atoms with Crippen LogP contribution in [0.1, 0.15) is 40.7 Å². The van der Waals surface area contributed by atoms with Crippen molar-refractivity contribution < 1.29 is 4.79 Å². The Morgan fingerprint density at radius 2 is 1.71 bits per heavy atom.